The largest absolute Gasteiger partial charge is 0.469 e. The standard InChI is InChI=1S/C36H56O7/c1-21-13-16-36(31(39)41-10)18-17-34(7)25(29(36)22(21)2)11-12-28-32(5)19-26(40-9)30(43-24(4)38)33(6,20-42-23(3)37)27(32)14-15-35(28,34)8/h11,21-22,26-30H,12-20H2,1-10H3/t21-,22+,26-,27-,28-,29+,30+,32+,33+,34-,35-,36+/m1/s1. The number of fused-ring (bicyclic) bond motifs is 7. The molecule has 0 N–H and O–H groups in total. The van der Waals surface area contributed by atoms with Crippen molar-refractivity contribution < 1.29 is 33.3 Å². The third-order valence-electron chi connectivity index (χ3n) is 14.5. The number of rotatable bonds is 5. The summed E-state index contributed by atoms with van der Waals surface area (Å²) >= 11 is 0. The smallest absolute Gasteiger partial charge is 0.312 e. The van der Waals surface area contributed by atoms with Gasteiger partial charge in [-0.2, -0.15) is 0 Å². The molecule has 0 heterocycles. The zero-order valence-electron chi connectivity index (χ0n) is 28.3. The number of esters is 3. The molecule has 0 radical (unpaired) electrons. The Morgan fingerprint density at radius 3 is 2.21 bits per heavy atom. The third-order valence-corrected chi connectivity index (χ3v) is 14.5. The van der Waals surface area contributed by atoms with Crippen molar-refractivity contribution in [3.8, 4) is 0 Å². The van der Waals surface area contributed by atoms with Crippen LogP contribution in [0.25, 0.3) is 0 Å². The molecule has 4 fully saturated rings. The Morgan fingerprint density at radius 1 is 0.907 bits per heavy atom. The molecule has 4 saturated carbocycles. The maximum atomic E-state index is 13.6. The van der Waals surface area contributed by atoms with Crippen LogP contribution in [-0.2, 0) is 33.3 Å². The highest BCUT2D eigenvalue weighted by molar-refractivity contribution is 5.78. The quantitative estimate of drug-likeness (QED) is 0.192. The molecule has 0 bridgehead atoms. The molecule has 0 aromatic carbocycles. The summed E-state index contributed by atoms with van der Waals surface area (Å²) in [5.41, 5.74) is 0.328. The molecule has 5 aliphatic rings. The van der Waals surface area contributed by atoms with Crippen LogP contribution in [0.4, 0.5) is 0 Å². The second kappa shape index (κ2) is 10.9. The third kappa shape index (κ3) is 4.47. The van der Waals surface area contributed by atoms with E-state index in [0.29, 0.717) is 17.8 Å². The lowest BCUT2D eigenvalue weighted by atomic mass is 9.33. The van der Waals surface area contributed by atoms with Crippen LogP contribution in [0.2, 0.25) is 0 Å². The summed E-state index contributed by atoms with van der Waals surface area (Å²) in [6, 6.07) is 0. The SMILES string of the molecule is COC(=O)[C@]12CC[C@@H](C)[C@H](C)[C@H]1C1=CC[C@@H]3[C@@]4(C)C[C@@H](OC)[C@H](OC(C)=O)[C@@](C)(COC(C)=O)[C@@H]4CC[C@@]3(C)[C@]1(C)CC2. The van der Waals surface area contributed by atoms with E-state index in [0.717, 1.165) is 51.4 Å². The minimum atomic E-state index is -0.586. The molecule has 0 unspecified atom stereocenters. The van der Waals surface area contributed by atoms with Crippen molar-refractivity contribution in [2.24, 2.45) is 56.7 Å². The van der Waals surface area contributed by atoms with Gasteiger partial charge in [0.2, 0.25) is 0 Å². The van der Waals surface area contributed by atoms with E-state index in [1.54, 1.807) is 14.2 Å². The molecule has 5 aliphatic carbocycles. The van der Waals surface area contributed by atoms with E-state index in [4.69, 9.17) is 18.9 Å². The summed E-state index contributed by atoms with van der Waals surface area (Å²) in [4.78, 5) is 38.0. The average molecular weight is 601 g/mol. The normalized spacial score (nSPS) is 48.8. The van der Waals surface area contributed by atoms with E-state index in [1.165, 1.54) is 19.4 Å². The lowest BCUT2D eigenvalue weighted by Crippen LogP contribution is -2.69. The predicted molar refractivity (Wildman–Crippen MR) is 164 cm³/mol. The van der Waals surface area contributed by atoms with Crippen molar-refractivity contribution in [2.45, 2.75) is 119 Å². The second-order valence-electron chi connectivity index (χ2n) is 16.1. The fraction of sp³-hybridized carbons (Fsp3) is 0.861. The van der Waals surface area contributed by atoms with Gasteiger partial charge < -0.3 is 18.9 Å². The van der Waals surface area contributed by atoms with Gasteiger partial charge in [0, 0.05) is 26.4 Å². The molecule has 12 atom stereocenters. The molecule has 5 rings (SSSR count). The van der Waals surface area contributed by atoms with Crippen molar-refractivity contribution in [3.05, 3.63) is 11.6 Å². The van der Waals surface area contributed by atoms with Crippen LogP contribution in [0.5, 0.6) is 0 Å². The summed E-state index contributed by atoms with van der Waals surface area (Å²) in [7, 11) is 3.27. The van der Waals surface area contributed by atoms with Crippen LogP contribution in [0.1, 0.15) is 107 Å². The molecule has 43 heavy (non-hydrogen) atoms. The van der Waals surface area contributed by atoms with Gasteiger partial charge in [-0.15, -0.1) is 0 Å². The maximum absolute atomic E-state index is 13.6. The molecule has 0 aliphatic heterocycles. The number of ether oxygens (including phenoxy) is 4. The number of carbonyl (C=O) groups excluding carboxylic acids is 3. The molecule has 0 amide bonds. The molecule has 7 heteroatoms. The minimum absolute atomic E-state index is 0.0138. The first-order chi connectivity index (χ1) is 20.1. The van der Waals surface area contributed by atoms with E-state index >= 15 is 0 Å². The maximum Gasteiger partial charge on any atom is 0.312 e. The zero-order chi connectivity index (χ0) is 31.8. The van der Waals surface area contributed by atoms with E-state index in [-0.39, 0.29) is 58.7 Å². The van der Waals surface area contributed by atoms with Crippen LogP contribution < -0.4 is 0 Å². The number of hydrogen-bond acceptors (Lipinski definition) is 7. The van der Waals surface area contributed by atoms with Gasteiger partial charge in [0.05, 0.1) is 18.6 Å². The summed E-state index contributed by atoms with van der Waals surface area (Å²) in [6.07, 6.45) is 9.29. The monoisotopic (exact) mass is 600 g/mol. The number of carbonyl (C=O) groups is 3. The van der Waals surface area contributed by atoms with Gasteiger partial charge in [0.25, 0.3) is 0 Å². The Bertz CT molecular complexity index is 1180. The Labute approximate surface area is 259 Å². The van der Waals surface area contributed by atoms with Crippen LogP contribution in [0, 0.1) is 56.7 Å². The Balaban J connectivity index is 1.61. The zero-order valence-corrected chi connectivity index (χ0v) is 28.3. The van der Waals surface area contributed by atoms with Gasteiger partial charge in [-0.3, -0.25) is 14.4 Å². The summed E-state index contributed by atoms with van der Waals surface area (Å²) in [5, 5.41) is 0. The lowest BCUT2D eigenvalue weighted by molar-refractivity contribution is -0.255. The predicted octanol–water partition coefficient (Wildman–Crippen LogP) is 6.92. The first kappa shape index (κ1) is 32.5. The van der Waals surface area contributed by atoms with Crippen LogP contribution >= 0.6 is 0 Å². The van der Waals surface area contributed by atoms with Crippen molar-refractivity contribution in [2.75, 3.05) is 20.8 Å². The van der Waals surface area contributed by atoms with Gasteiger partial charge in [-0.25, -0.2) is 0 Å². The highest BCUT2D eigenvalue weighted by Crippen LogP contribution is 2.76. The molecular formula is C36H56O7. The molecule has 0 saturated heterocycles. The van der Waals surface area contributed by atoms with Crippen molar-refractivity contribution in [1.82, 2.24) is 0 Å². The topological polar surface area (TPSA) is 88.1 Å². The van der Waals surface area contributed by atoms with Gasteiger partial charge in [0.1, 0.15) is 12.7 Å². The molecular weight excluding hydrogens is 544 g/mol. The molecule has 0 aromatic heterocycles. The number of methoxy groups -OCH3 is 2. The lowest BCUT2D eigenvalue weighted by Gasteiger charge is -2.72. The Morgan fingerprint density at radius 2 is 1.60 bits per heavy atom. The van der Waals surface area contributed by atoms with Gasteiger partial charge in [0.15, 0.2) is 0 Å². The van der Waals surface area contributed by atoms with Gasteiger partial charge in [-0.1, -0.05) is 53.2 Å². The van der Waals surface area contributed by atoms with E-state index in [2.05, 4.69) is 47.6 Å². The van der Waals surface area contributed by atoms with Crippen LogP contribution in [0.3, 0.4) is 0 Å². The molecule has 7 nitrogen and oxygen atoms in total. The second-order valence-corrected chi connectivity index (χ2v) is 16.1. The first-order valence-electron chi connectivity index (χ1n) is 16.7. The first-order valence-corrected chi connectivity index (χ1v) is 16.7. The van der Waals surface area contributed by atoms with E-state index in [9.17, 15) is 14.4 Å². The van der Waals surface area contributed by atoms with Crippen molar-refractivity contribution >= 4 is 17.9 Å². The summed E-state index contributed by atoms with van der Waals surface area (Å²) < 4.78 is 23.4. The van der Waals surface area contributed by atoms with Crippen molar-refractivity contribution in [1.29, 1.82) is 0 Å². The minimum Gasteiger partial charge on any atom is -0.469 e. The number of hydrogen-bond donors (Lipinski definition) is 0. The number of allylic oxidation sites excluding steroid dienone is 2. The van der Waals surface area contributed by atoms with Crippen LogP contribution in [-0.4, -0.2) is 50.9 Å². The van der Waals surface area contributed by atoms with Crippen LogP contribution in [0.15, 0.2) is 11.6 Å². The fourth-order valence-electron chi connectivity index (χ4n) is 12.0. The Hall–Kier alpha value is -1.89. The van der Waals surface area contributed by atoms with E-state index in [1.807, 2.05) is 0 Å². The molecule has 242 valence electrons. The molecule has 0 spiro atoms. The average Bonchev–Trinajstić information content (AvgIpc) is 2.95. The van der Waals surface area contributed by atoms with Crippen molar-refractivity contribution in [3.63, 3.8) is 0 Å². The fourth-order valence-corrected chi connectivity index (χ4v) is 12.0. The van der Waals surface area contributed by atoms with Gasteiger partial charge in [-0.05, 0) is 97.2 Å². The summed E-state index contributed by atoms with van der Waals surface area (Å²) in [5.74, 6) is 1.03. The highest BCUT2D eigenvalue weighted by atomic mass is 16.6. The Kier molecular flexibility index (Phi) is 8.22. The summed E-state index contributed by atoms with van der Waals surface area (Å²) in [6.45, 7) is 17.4. The molecule has 0 aromatic rings. The highest BCUT2D eigenvalue weighted by Gasteiger charge is 2.71. The van der Waals surface area contributed by atoms with Gasteiger partial charge >= 0.3 is 17.9 Å². The van der Waals surface area contributed by atoms with E-state index < -0.39 is 16.9 Å².